The summed E-state index contributed by atoms with van der Waals surface area (Å²) in [4.78, 5) is 16.2. The minimum absolute atomic E-state index is 0.0762. The third-order valence-electron chi connectivity index (χ3n) is 2.77. The number of nitrogens with zero attached hydrogens (tertiary/aromatic N) is 1. The molecule has 1 heterocycles. The molecule has 0 N–H and O–H groups in total. The Kier molecular flexibility index (Phi) is 4.47. The van der Waals surface area contributed by atoms with Gasteiger partial charge in [-0.3, -0.25) is 9.78 Å². The van der Waals surface area contributed by atoms with Crippen molar-refractivity contribution < 1.29 is 4.79 Å². The predicted octanol–water partition coefficient (Wildman–Crippen LogP) is 3.19. The van der Waals surface area contributed by atoms with Crippen molar-refractivity contribution >= 4 is 5.78 Å². The van der Waals surface area contributed by atoms with Gasteiger partial charge in [-0.15, -0.1) is 0 Å². The number of carbonyl (C=O) groups excluding carboxylic acids is 1. The van der Waals surface area contributed by atoms with Crippen LogP contribution in [0.15, 0.2) is 24.4 Å². The van der Waals surface area contributed by atoms with Crippen molar-refractivity contribution in [2.45, 2.75) is 39.5 Å². The lowest BCUT2D eigenvalue weighted by Gasteiger charge is -2.14. The van der Waals surface area contributed by atoms with Gasteiger partial charge in [0.1, 0.15) is 5.78 Å². The molecule has 0 saturated carbocycles. The molecule has 82 valence electrons. The maximum absolute atomic E-state index is 12.0. The number of ketones is 1. The number of rotatable bonds is 5. The zero-order chi connectivity index (χ0) is 11.3. The standard InChI is InChI=1S/C13H19NO/c1-4-7-10(2)13(15)11(3)12-8-5-6-9-14-12/h5-6,8-11H,4,7H2,1-3H3. The maximum atomic E-state index is 12.0. The van der Waals surface area contributed by atoms with E-state index in [-0.39, 0.29) is 11.8 Å². The Labute approximate surface area is 91.7 Å². The van der Waals surface area contributed by atoms with Gasteiger partial charge in [-0.2, -0.15) is 0 Å². The molecular weight excluding hydrogens is 186 g/mol. The molecule has 2 nitrogen and oxygen atoms in total. The maximum Gasteiger partial charge on any atom is 0.144 e. The molecule has 2 heteroatoms. The smallest absolute Gasteiger partial charge is 0.144 e. The molecule has 2 unspecified atom stereocenters. The molecule has 0 aliphatic carbocycles. The molecular formula is C13H19NO. The summed E-state index contributed by atoms with van der Waals surface area (Å²) in [6.07, 6.45) is 3.77. The van der Waals surface area contributed by atoms with E-state index in [9.17, 15) is 4.79 Å². The fourth-order valence-electron chi connectivity index (χ4n) is 1.78. The van der Waals surface area contributed by atoms with E-state index in [1.54, 1.807) is 6.20 Å². The summed E-state index contributed by atoms with van der Waals surface area (Å²) in [5.74, 6) is 0.371. The summed E-state index contributed by atoms with van der Waals surface area (Å²) in [6.45, 7) is 6.05. The highest BCUT2D eigenvalue weighted by Crippen LogP contribution is 2.20. The Hall–Kier alpha value is -1.18. The van der Waals surface area contributed by atoms with Crippen LogP contribution < -0.4 is 0 Å². The number of pyridine rings is 1. The predicted molar refractivity (Wildman–Crippen MR) is 61.7 cm³/mol. The van der Waals surface area contributed by atoms with Crippen molar-refractivity contribution in [2.75, 3.05) is 0 Å². The number of hydrogen-bond donors (Lipinski definition) is 0. The van der Waals surface area contributed by atoms with Gasteiger partial charge in [0.05, 0.1) is 11.6 Å². The van der Waals surface area contributed by atoms with E-state index in [4.69, 9.17) is 0 Å². The molecule has 0 saturated heterocycles. The third-order valence-corrected chi connectivity index (χ3v) is 2.77. The average molecular weight is 205 g/mol. The normalized spacial score (nSPS) is 14.6. The van der Waals surface area contributed by atoms with Crippen molar-refractivity contribution in [1.29, 1.82) is 0 Å². The Bertz CT molecular complexity index is 308. The van der Waals surface area contributed by atoms with Crippen LogP contribution in [0.4, 0.5) is 0 Å². The van der Waals surface area contributed by atoms with Crippen LogP contribution in [0.5, 0.6) is 0 Å². The van der Waals surface area contributed by atoms with E-state index in [1.165, 1.54) is 0 Å². The fraction of sp³-hybridized carbons (Fsp3) is 0.538. The van der Waals surface area contributed by atoms with Gasteiger partial charge in [0.2, 0.25) is 0 Å². The first-order chi connectivity index (χ1) is 7.16. The van der Waals surface area contributed by atoms with Gasteiger partial charge >= 0.3 is 0 Å². The molecule has 0 aliphatic heterocycles. The van der Waals surface area contributed by atoms with Crippen LogP contribution in [0.1, 0.15) is 45.2 Å². The van der Waals surface area contributed by atoms with Crippen LogP contribution in [0.3, 0.4) is 0 Å². The summed E-state index contributed by atoms with van der Waals surface area (Å²) in [7, 11) is 0. The zero-order valence-corrected chi connectivity index (χ0v) is 9.73. The Morgan fingerprint density at radius 3 is 2.67 bits per heavy atom. The number of hydrogen-bond acceptors (Lipinski definition) is 2. The van der Waals surface area contributed by atoms with E-state index >= 15 is 0 Å². The minimum Gasteiger partial charge on any atom is -0.299 e. The Morgan fingerprint density at radius 1 is 1.40 bits per heavy atom. The topological polar surface area (TPSA) is 30.0 Å². The summed E-state index contributed by atoms with van der Waals surface area (Å²) < 4.78 is 0. The van der Waals surface area contributed by atoms with Gasteiger partial charge in [-0.05, 0) is 25.5 Å². The van der Waals surface area contributed by atoms with Crippen molar-refractivity contribution in [1.82, 2.24) is 4.98 Å². The van der Waals surface area contributed by atoms with Crippen molar-refractivity contribution in [2.24, 2.45) is 5.92 Å². The van der Waals surface area contributed by atoms with Crippen molar-refractivity contribution in [3.8, 4) is 0 Å². The largest absolute Gasteiger partial charge is 0.299 e. The van der Waals surface area contributed by atoms with E-state index < -0.39 is 0 Å². The van der Waals surface area contributed by atoms with Crippen LogP contribution in [0.25, 0.3) is 0 Å². The number of Topliss-reactive ketones (excluding diaryl/α,β-unsaturated/α-hetero) is 1. The van der Waals surface area contributed by atoms with E-state index in [1.807, 2.05) is 32.0 Å². The van der Waals surface area contributed by atoms with Crippen LogP contribution in [-0.2, 0) is 4.79 Å². The Balaban J connectivity index is 2.69. The molecule has 0 spiro atoms. The van der Waals surface area contributed by atoms with Gasteiger partial charge in [0.15, 0.2) is 0 Å². The van der Waals surface area contributed by atoms with E-state index in [0.29, 0.717) is 5.78 Å². The Morgan fingerprint density at radius 2 is 2.13 bits per heavy atom. The molecule has 2 atom stereocenters. The molecule has 15 heavy (non-hydrogen) atoms. The van der Waals surface area contributed by atoms with Gasteiger partial charge in [0, 0.05) is 12.1 Å². The number of carbonyl (C=O) groups is 1. The van der Waals surface area contributed by atoms with Crippen LogP contribution in [0, 0.1) is 5.92 Å². The average Bonchev–Trinajstić information content (AvgIpc) is 2.28. The van der Waals surface area contributed by atoms with E-state index in [0.717, 1.165) is 18.5 Å². The lowest BCUT2D eigenvalue weighted by molar-refractivity contribution is -0.123. The zero-order valence-electron chi connectivity index (χ0n) is 9.73. The quantitative estimate of drug-likeness (QED) is 0.739. The van der Waals surface area contributed by atoms with Gasteiger partial charge in [-0.1, -0.05) is 26.3 Å². The summed E-state index contributed by atoms with van der Waals surface area (Å²) >= 11 is 0. The molecule has 1 aromatic rings. The SMILES string of the molecule is CCCC(C)C(=O)C(C)c1ccccn1. The second kappa shape index (κ2) is 5.64. The minimum atomic E-state index is -0.0762. The molecule has 0 radical (unpaired) electrons. The van der Waals surface area contributed by atoms with E-state index in [2.05, 4.69) is 11.9 Å². The van der Waals surface area contributed by atoms with Crippen molar-refractivity contribution in [3.05, 3.63) is 30.1 Å². The lowest BCUT2D eigenvalue weighted by atomic mass is 9.90. The van der Waals surface area contributed by atoms with Crippen LogP contribution in [0.2, 0.25) is 0 Å². The third kappa shape index (κ3) is 3.15. The highest BCUT2D eigenvalue weighted by Gasteiger charge is 2.21. The molecule has 1 aromatic heterocycles. The molecule has 0 bridgehead atoms. The highest BCUT2D eigenvalue weighted by atomic mass is 16.1. The lowest BCUT2D eigenvalue weighted by Crippen LogP contribution is -2.18. The molecule has 1 rings (SSSR count). The first-order valence-electron chi connectivity index (χ1n) is 5.61. The number of aromatic nitrogens is 1. The molecule has 0 amide bonds. The van der Waals surface area contributed by atoms with Crippen LogP contribution >= 0.6 is 0 Å². The fourth-order valence-corrected chi connectivity index (χ4v) is 1.78. The van der Waals surface area contributed by atoms with Crippen LogP contribution in [-0.4, -0.2) is 10.8 Å². The summed E-state index contributed by atoms with van der Waals surface area (Å²) in [5, 5.41) is 0. The van der Waals surface area contributed by atoms with Crippen molar-refractivity contribution in [3.63, 3.8) is 0 Å². The second-order valence-electron chi connectivity index (χ2n) is 4.07. The van der Waals surface area contributed by atoms with Gasteiger partial charge in [-0.25, -0.2) is 0 Å². The monoisotopic (exact) mass is 205 g/mol. The summed E-state index contributed by atoms with van der Waals surface area (Å²) in [5.41, 5.74) is 0.880. The molecule has 0 aromatic carbocycles. The first-order valence-corrected chi connectivity index (χ1v) is 5.61. The first kappa shape index (κ1) is 11.9. The molecule has 0 aliphatic rings. The van der Waals surface area contributed by atoms with Gasteiger partial charge < -0.3 is 0 Å². The summed E-state index contributed by atoms with van der Waals surface area (Å²) in [6, 6.07) is 5.72. The highest BCUT2D eigenvalue weighted by molar-refractivity contribution is 5.86. The molecule has 0 fully saturated rings. The van der Waals surface area contributed by atoms with Gasteiger partial charge in [0.25, 0.3) is 0 Å². The second-order valence-corrected chi connectivity index (χ2v) is 4.07.